The summed E-state index contributed by atoms with van der Waals surface area (Å²) in [6.07, 6.45) is 1.64. The van der Waals surface area contributed by atoms with Gasteiger partial charge in [0, 0.05) is 11.1 Å². The summed E-state index contributed by atoms with van der Waals surface area (Å²) in [5, 5.41) is 10.6. The molecule has 3 rings (SSSR count). The van der Waals surface area contributed by atoms with Gasteiger partial charge in [0.25, 0.3) is 0 Å². The van der Waals surface area contributed by atoms with Crippen LogP contribution in [-0.4, -0.2) is 40.7 Å². The number of phenols is 1. The molecule has 2 atom stereocenters. The number of phenolic OH excluding ortho intramolecular Hbond substituents is 1. The van der Waals surface area contributed by atoms with Gasteiger partial charge in [0.1, 0.15) is 0 Å². The normalized spacial score (nSPS) is 18.0. The molecule has 0 bridgehead atoms. The Morgan fingerprint density at radius 2 is 1.10 bits per heavy atom. The zero-order chi connectivity index (χ0) is 21.3. The van der Waals surface area contributed by atoms with Crippen LogP contribution in [-0.2, 0) is 12.8 Å². The van der Waals surface area contributed by atoms with Gasteiger partial charge in [-0.1, -0.05) is 13.8 Å². The van der Waals surface area contributed by atoms with E-state index in [1.807, 2.05) is 6.07 Å². The molecule has 0 amide bonds. The Bertz CT molecular complexity index is 905. The molecule has 1 aliphatic carbocycles. The molecular weight excluding hydrogens is 372 g/mol. The minimum Gasteiger partial charge on any atom is -0.504 e. The Labute approximate surface area is 172 Å². The fraction of sp³-hybridized carbons (Fsp3) is 0.478. The molecule has 29 heavy (non-hydrogen) atoms. The zero-order valence-electron chi connectivity index (χ0n) is 18.2. The third kappa shape index (κ3) is 3.41. The van der Waals surface area contributed by atoms with Crippen molar-refractivity contribution in [2.75, 3.05) is 35.5 Å². The molecule has 0 spiro atoms. The number of hydrogen-bond acceptors (Lipinski definition) is 6. The fourth-order valence-corrected chi connectivity index (χ4v) is 4.24. The zero-order valence-corrected chi connectivity index (χ0v) is 18.2. The molecular formula is C23H30O6. The Morgan fingerprint density at radius 3 is 1.55 bits per heavy atom. The van der Waals surface area contributed by atoms with Crippen molar-refractivity contribution in [3.05, 3.63) is 23.3 Å². The Balaban J connectivity index is 2.50. The van der Waals surface area contributed by atoms with E-state index in [4.69, 9.17) is 23.7 Å². The lowest BCUT2D eigenvalue weighted by molar-refractivity contribution is 0.320. The standard InChI is InChI=1S/C23H30O6/c1-12-8-14-10-16(24)20(26-4)22(28-6)18(14)19-15(9-13(12)2)11-17(25-3)21(27-5)23(19)29-7/h10-13,24H,8-9H2,1-7H3/t12-,13+/m0/s1. The summed E-state index contributed by atoms with van der Waals surface area (Å²) in [7, 11) is 7.93. The lowest BCUT2D eigenvalue weighted by Crippen LogP contribution is -2.18. The van der Waals surface area contributed by atoms with Gasteiger partial charge in [-0.3, -0.25) is 0 Å². The van der Waals surface area contributed by atoms with E-state index in [-0.39, 0.29) is 5.75 Å². The first-order chi connectivity index (χ1) is 13.9. The predicted molar refractivity (Wildman–Crippen MR) is 112 cm³/mol. The summed E-state index contributed by atoms with van der Waals surface area (Å²) in [4.78, 5) is 0. The van der Waals surface area contributed by atoms with Gasteiger partial charge in [0.05, 0.1) is 35.5 Å². The maximum absolute atomic E-state index is 10.6. The minimum atomic E-state index is 0.0597. The second-order valence-corrected chi connectivity index (χ2v) is 7.54. The van der Waals surface area contributed by atoms with Crippen molar-refractivity contribution in [2.45, 2.75) is 26.7 Å². The van der Waals surface area contributed by atoms with Gasteiger partial charge in [-0.25, -0.2) is 0 Å². The van der Waals surface area contributed by atoms with Crippen LogP contribution in [0.3, 0.4) is 0 Å². The molecule has 0 saturated carbocycles. The molecule has 0 heterocycles. The highest BCUT2D eigenvalue weighted by Crippen LogP contribution is 2.55. The molecule has 1 aliphatic rings. The van der Waals surface area contributed by atoms with Crippen LogP contribution in [0.2, 0.25) is 0 Å². The molecule has 0 saturated heterocycles. The van der Waals surface area contributed by atoms with Crippen LogP contribution in [0.1, 0.15) is 25.0 Å². The van der Waals surface area contributed by atoms with Crippen molar-refractivity contribution in [3.63, 3.8) is 0 Å². The van der Waals surface area contributed by atoms with Gasteiger partial charge in [-0.15, -0.1) is 0 Å². The van der Waals surface area contributed by atoms with Gasteiger partial charge in [0.15, 0.2) is 23.0 Å². The van der Waals surface area contributed by atoms with E-state index in [2.05, 4.69) is 13.8 Å². The first-order valence-electron chi connectivity index (χ1n) is 9.70. The maximum atomic E-state index is 10.6. The van der Waals surface area contributed by atoms with E-state index in [1.165, 1.54) is 7.11 Å². The summed E-state index contributed by atoms with van der Waals surface area (Å²) >= 11 is 0. The highest BCUT2D eigenvalue weighted by molar-refractivity contribution is 5.88. The van der Waals surface area contributed by atoms with Crippen LogP contribution in [0.15, 0.2) is 12.1 Å². The van der Waals surface area contributed by atoms with Crippen molar-refractivity contribution in [3.8, 4) is 45.6 Å². The van der Waals surface area contributed by atoms with Gasteiger partial charge in [-0.05, 0) is 47.9 Å². The van der Waals surface area contributed by atoms with Crippen molar-refractivity contribution in [1.82, 2.24) is 0 Å². The van der Waals surface area contributed by atoms with Crippen LogP contribution in [0.5, 0.6) is 34.5 Å². The van der Waals surface area contributed by atoms with Gasteiger partial charge in [-0.2, -0.15) is 0 Å². The fourth-order valence-electron chi connectivity index (χ4n) is 4.24. The highest BCUT2D eigenvalue weighted by atomic mass is 16.5. The molecule has 0 radical (unpaired) electrons. The predicted octanol–water partition coefficient (Wildman–Crippen LogP) is 4.47. The first-order valence-corrected chi connectivity index (χ1v) is 9.70. The maximum Gasteiger partial charge on any atom is 0.203 e. The molecule has 0 aromatic heterocycles. The average molecular weight is 402 g/mol. The van der Waals surface area contributed by atoms with Crippen LogP contribution >= 0.6 is 0 Å². The van der Waals surface area contributed by atoms with Crippen LogP contribution in [0.4, 0.5) is 0 Å². The van der Waals surface area contributed by atoms with Crippen LogP contribution < -0.4 is 23.7 Å². The number of ether oxygens (including phenoxy) is 5. The number of hydrogen-bond donors (Lipinski definition) is 1. The van der Waals surface area contributed by atoms with Crippen molar-refractivity contribution in [1.29, 1.82) is 0 Å². The van der Waals surface area contributed by atoms with Crippen molar-refractivity contribution < 1.29 is 28.8 Å². The Kier molecular flexibility index (Phi) is 6.01. The van der Waals surface area contributed by atoms with Gasteiger partial charge in [0.2, 0.25) is 11.5 Å². The van der Waals surface area contributed by atoms with Crippen LogP contribution in [0.25, 0.3) is 11.1 Å². The van der Waals surface area contributed by atoms with Crippen LogP contribution in [0, 0.1) is 11.8 Å². The summed E-state index contributed by atoms with van der Waals surface area (Å²) in [5.41, 5.74) is 3.79. The molecule has 2 aromatic carbocycles. The highest BCUT2D eigenvalue weighted by Gasteiger charge is 2.32. The molecule has 0 fully saturated rings. The molecule has 1 N–H and O–H groups in total. The minimum absolute atomic E-state index is 0.0597. The smallest absolute Gasteiger partial charge is 0.203 e. The SMILES string of the molecule is COc1cc2c(c(OC)c1OC)-c1c(cc(O)c(OC)c1OC)C[C@H](C)[C@H](C)C2. The summed E-state index contributed by atoms with van der Waals surface area (Å²) in [6.45, 7) is 4.47. The van der Waals surface area contributed by atoms with Crippen molar-refractivity contribution in [2.24, 2.45) is 11.8 Å². The van der Waals surface area contributed by atoms with E-state index in [9.17, 15) is 5.11 Å². The number of rotatable bonds is 5. The second kappa shape index (κ2) is 8.31. The molecule has 158 valence electrons. The second-order valence-electron chi connectivity index (χ2n) is 7.54. The molecule has 0 unspecified atom stereocenters. The van der Waals surface area contributed by atoms with Gasteiger partial charge >= 0.3 is 0 Å². The molecule has 2 aromatic rings. The lowest BCUT2D eigenvalue weighted by Gasteiger charge is -2.30. The first kappa shape index (κ1) is 21.0. The summed E-state index contributed by atoms with van der Waals surface area (Å²) in [6, 6.07) is 3.78. The Hall–Kier alpha value is -2.76. The lowest BCUT2D eigenvalue weighted by atomic mass is 9.77. The third-order valence-electron chi connectivity index (χ3n) is 5.92. The third-order valence-corrected chi connectivity index (χ3v) is 5.92. The summed E-state index contributed by atoms with van der Waals surface area (Å²) < 4.78 is 28.3. The number of methoxy groups -OCH3 is 5. The van der Waals surface area contributed by atoms with E-state index in [1.54, 1.807) is 34.5 Å². The number of fused-ring (bicyclic) bond motifs is 3. The van der Waals surface area contributed by atoms with Gasteiger partial charge < -0.3 is 28.8 Å². The molecule has 6 heteroatoms. The number of aromatic hydroxyl groups is 1. The largest absolute Gasteiger partial charge is 0.504 e. The number of benzene rings is 2. The Morgan fingerprint density at radius 1 is 0.655 bits per heavy atom. The van der Waals surface area contributed by atoms with E-state index < -0.39 is 0 Å². The quantitative estimate of drug-likeness (QED) is 0.796. The molecule has 6 nitrogen and oxygen atoms in total. The summed E-state index contributed by atoms with van der Waals surface area (Å²) in [5.74, 6) is 3.38. The van der Waals surface area contributed by atoms with E-state index in [0.29, 0.717) is 40.6 Å². The van der Waals surface area contributed by atoms with Crippen molar-refractivity contribution >= 4 is 0 Å². The monoisotopic (exact) mass is 402 g/mol. The topological polar surface area (TPSA) is 66.4 Å². The molecule has 0 aliphatic heterocycles. The van der Waals surface area contributed by atoms with E-state index in [0.717, 1.165) is 35.1 Å². The van der Waals surface area contributed by atoms with E-state index >= 15 is 0 Å². The average Bonchev–Trinajstić information content (AvgIpc) is 2.71.